The molecule has 10 heavy (non-hydrogen) atoms. The lowest BCUT2D eigenvalue weighted by Crippen LogP contribution is -1.86. The van der Waals surface area contributed by atoms with Crippen LogP contribution >= 0.6 is 0 Å². The van der Waals surface area contributed by atoms with Crippen LogP contribution in [0.4, 0.5) is 0 Å². The molecule has 1 aliphatic carbocycles. The van der Waals surface area contributed by atoms with Gasteiger partial charge < -0.3 is 5.11 Å². The Labute approximate surface area is 61.4 Å². The predicted molar refractivity (Wildman–Crippen MR) is 42.7 cm³/mol. The Morgan fingerprint density at radius 1 is 1.40 bits per heavy atom. The van der Waals surface area contributed by atoms with Crippen molar-refractivity contribution in [1.82, 2.24) is 0 Å². The van der Waals surface area contributed by atoms with Crippen molar-refractivity contribution >= 4 is 0 Å². The number of aliphatic hydroxyl groups excluding tert-OH is 1. The van der Waals surface area contributed by atoms with Crippen molar-refractivity contribution in [3.8, 4) is 0 Å². The Morgan fingerprint density at radius 2 is 2.00 bits per heavy atom. The number of hydrogen-bond acceptors (Lipinski definition) is 1. The highest BCUT2D eigenvalue weighted by Gasteiger charge is 1.96. The van der Waals surface area contributed by atoms with Crippen LogP contribution in [-0.4, -0.2) is 11.7 Å². The van der Waals surface area contributed by atoms with Crippen LogP contribution in [0.1, 0.15) is 13.3 Å². The van der Waals surface area contributed by atoms with Crippen molar-refractivity contribution in [2.45, 2.75) is 13.3 Å². The van der Waals surface area contributed by atoms with Crippen molar-refractivity contribution in [1.29, 1.82) is 0 Å². The van der Waals surface area contributed by atoms with Gasteiger partial charge in [-0.05, 0) is 18.9 Å². The van der Waals surface area contributed by atoms with Gasteiger partial charge >= 0.3 is 0 Å². The Morgan fingerprint density at radius 3 is 2.50 bits per heavy atom. The predicted octanol–water partition coefficient (Wildman–Crippen LogP) is 1.81. The fraction of sp³-hybridized carbons (Fsp3) is 0.333. The molecule has 0 aromatic carbocycles. The van der Waals surface area contributed by atoms with E-state index in [1.807, 2.05) is 19.1 Å². The second-order valence-electron chi connectivity index (χ2n) is 2.43. The smallest absolute Gasteiger partial charge is 0.0468 e. The van der Waals surface area contributed by atoms with E-state index in [4.69, 9.17) is 5.11 Å². The van der Waals surface area contributed by atoms with Gasteiger partial charge in [0.25, 0.3) is 0 Å². The molecule has 0 bridgehead atoms. The van der Waals surface area contributed by atoms with Crippen LogP contribution in [0.2, 0.25) is 0 Å². The first-order chi connectivity index (χ1) is 4.84. The Bertz CT molecular complexity index is 183. The summed E-state index contributed by atoms with van der Waals surface area (Å²) in [5, 5.41) is 8.61. The molecule has 0 saturated heterocycles. The topological polar surface area (TPSA) is 20.2 Å². The molecule has 0 amide bonds. The summed E-state index contributed by atoms with van der Waals surface area (Å²) < 4.78 is 0. The second-order valence-corrected chi connectivity index (χ2v) is 2.43. The Balaban J connectivity index is 2.65. The largest absolute Gasteiger partial charge is 0.396 e. The van der Waals surface area contributed by atoms with E-state index in [0.29, 0.717) is 0 Å². The van der Waals surface area contributed by atoms with Crippen molar-refractivity contribution in [3.05, 3.63) is 35.5 Å². The zero-order chi connectivity index (χ0) is 7.40. The van der Waals surface area contributed by atoms with Gasteiger partial charge in [-0.3, -0.25) is 0 Å². The lowest BCUT2D eigenvalue weighted by molar-refractivity contribution is 0.299. The molecule has 0 spiro atoms. The number of hydrogen-bond donors (Lipinski definition) is 1. The summed E-state index contributed by atoms with van der Waals surface area (Å²) in [5.41, 5.74) is 2.50. The molecule has 1 aliphatic rings. The molecule has 0 saturated carbocycles. The van der Waals surface area contributed by atoms with Crippen LogP contribution in [0.3, 0.4) is 0 Å². The lowest BCUT2D eigenvalue weighted by Gasteiger charge is -1.98. The van der Waals surface area contributed by atoms with Crippen molar-refractivity contribution < 1.29 is 5.11 Å². The van der Waals surface area contributed by atoms with Crippen LogP contribution in [0.5, 0.6) is 0 Å². The first-order valence-corrected chi connectivity index (χ1v) is 3.50. The lowest BCUT2D eigenvalue weighted by atomic mass is 10.1. The van der Waals surface area contributed by atoms with E-state index < -0.39 is 0 Å². The fourth-order valence-corrected chi connectivity index (χ4v) is 0.971. The molecular formula is C9H12O. The minimum Gasteiger partial charge on any atom is -0.396 e. The van der Waals surface area contributed by atoms with Gasteiger partial charge in [0, 0.05) is 6.61 Å². The summed E-state index contributed by atoms with van der Waals surface area (Å²) in [7, 11) is 0. The molecule has 0 atom stereocenters. The molecule has 1 nitrogen and oxygen atoms in total. The maximum Gasteiger partial charge on any atom is 0.0468 e. The van der Waals surface area contributed by atoms with Gasteiger partial charge in [0.2, 0.25) is 0 Å². The van der Waals surface area contributed by atoms with E-state index in [0.717, 1.165) is 6.42 Å². The minimum absolute atomic E-state index is 0.247. The molecule has 1 N–H and O–H groups in total. The van der Waals surface area contributed by atoms with Crippen molar-refractivity contribution in [2.75, 3.05) is 6.61 Å². The van der Waals surface area contributed by atoms with E-state index in [1.54, 1.807) is 0 Å². The van der Waals surface area contributed by atoms with Crippen LogP contribution < -0.4 is 0 Å². The molecule has 0 aliphatic heterocycles. The summed E-state index contributed by atoms with van der Waals surface area (Å²) in [6.07, 6.45) is 8.92. The number of allylic oxidation sites excluding steroid dienone is 5. The molecule has 0 radical (unpaired) electrons. The van der Waals surface area contributed by atoms with Crippen molar-refractivity contribution in [3.63, 3.8) is 0 Å². The third kappa shape index (κ3) is 1.58. The third-order valence-electron chi connectivity index (χ3n) is 1.64. The normalized spacial score (nSPS) is 14.8. The zero-order valence-electron chi connectivity index (χ0n) is 6.17. The second kappa shape index (κ2) is 3.37. The van der Waals surface area contributed by atoms with E-state index >= 15 is 0 Å². The summed E-state index contributed by atoms with van der Waals surface area (Å²) in [6, 6.07) is 0. The quantitative estimate of drug-likeness (QED) is 0.613. The highest BCUT2D eigenvalue weighted by molar-refractivity contribution is 5.42. The highest BCUT2D eigenvalue weighted by Crippen LogP contribution is 2.14. The average molecular weight is 136 g/mol. The molecule has 1 heteroatoms. The molecule has 54 valence electrons. The molecule has 0 heterocycles. The van der Waals surface area contributed by atoms with E-state index in [2.05, 4.69) is 12.2 Å². The Hall–Kier alpha value is -0.820. The SMILES string of the molecule is CC(CCO)=C1C=CC=C1. The third-order valence-corrected chi connectivity index (χ3v) is 1.64. The summed E-state index contributed by atoms with van der Waals surface area (Å²) in [5.74, 6) is 0. The first kappa shape index (κ1) is 7.29. The average Bonchev–Trinajstić information content (AvgIpc) is 2.38. The maximum atomic E-state index is 8.61. The molecule has 0 aromatic rings. The Kier molecular flexibility index (Phi) is 2.46. The van der Waals surface area contributed by atoms with E-state index in [-0.39, 0.29) is 6.61 Å². The molecule has 0 aromatic heterocycles. The van der Waals surface area contributed by atoms with Crippen LogP contribution in [0.25, 0.3) is 0 Å². The van der Waals surface area contributed by atoms with Gasteiger partial charge in [-0.1, -0.05) is 29.9 Å². The van der Waals surface area contributed by atoms with Crippen molar-refractivity contribution in [2.24, 2.45) is 0 Å². The van der Waals surface area contributed by atoms with Crippen LogP contribution in [-0.2, 0) is 0 Å². The summed E-state index contributed by atoms with van der Waals surface area (Å²) in [6.45, 7) is 2.29. The number of aliphatic hydroxyl groups is 1. The summed E-state index contributed by atoms with van der Waals surface area (Å²) in [4.78, 5) is 0. The molecule has 0 unspecified atom stereocenters. The van der Waals surface area contributed by atoms with E-state index in [1.165, 1.54) is 11.1 Å². The molecular weight excluding hydrogens is 124 g/mol. The molecule has 1 rings (SSSR count). The van der Waals surface area contributed by atoms with Crippen LogP contribution in [0.15, 0.2) is 35.5 Å². The fourth-order valence-electron chi connectivity index (χ4n) is 0.971. The first-order valence-electron chi connectivity index (χ1n) is 3.50. The van der Waals surface area contributed by atoms with Gasteiger partial charge in [-0.15, -0.1) is 0 Å². The number of rotatable bonds is 2. The standard InChI is InChI=1S/C9H12O/c1-8(6-7-10)9-4-2-3-5-9/h2-5,10H,6-7H2,1H3. The summed E-state index contributed by atoms with van der Waals surface area (Å²) >= 11 is 0. The van der Waals surface area contributed by atoms with Gasteiger partial charge in [-0.25, -0.2) is 0 Å². The van der Waals surface area contributed by atoms with Gasteiger partial charge in [0.1, 0.15) is 0 Å². The highest BCUT2D eigenvalue weighted by atomic mass is 16.2. The van der Waals surface area contributed by atoms with Gasteiger partial charge in [-0.2, -0.15) is 0 Å². The molecule has 0 fully saturated rings. The van der Waals surface area contributed by atoms with Crippen LogP contribution in [0, 0.1) is 0 Å². The van der Waals surface area contributed by atoms with Gasteiger partial charge in [0.15, 0.2) is 0 Å². The van der Waals surface area contributed by atoms with E-state index in [9.17, 15) is 0 Å². The minimum atomic E-state index is 0.247. The monoisotopic (exact) mass is 136 g/mol. The zero-order valence-corrected chi connectivity index (χ0v) is 6.17. The van der Waals surface area contributed by atoms with Gasteiger partial charge in [0.05, 0.1) is 0 Å². The maximum absolute atomic E-state index is 8.61.